The lowest BCUT2D eigenvalue weighted by molar-refractivity contribution is 1.14. The van der Waals surface area contributed by atoms with Gasteiger partial charge in [0.25, 0.3) is 0 Å². The quantitative estimate of drug-likeness (QED) is 0.170. The van der Waals surface area contributed by atoms with Crippen molar-refractivity contribution in [2.24, 2.45) is 0 Å². The molecule has 0 amide bonds. The first-order valence-corrected chi connectivity index (χ1v) is 16.5. The van der Waals surface area contributed by atoms with Gasteiger partial charge in [0.2, 0.25) is 0 Å². The molecule has 0 fully saturated rings. The Kier molecular flexibility index (Phi) is 7.20. The molecule has 220 valence electrons. The Balaban J connectivity index is 1.29. The van der Waals surface area contributed by atoms with Crippen molar-refractivity contribution in [1.29, 1.82) is 0 Å². The minimum absolute atomic E-state index is 1.04. The van der Waals surface area contributed by atoms with Crippen molar-refractivity contribution < 1.29 is 0 Å². The van der Waals surface area contributed by atoms with Gasteiger partial charge in [-0.05, 0) is 125 Å². The molecule has 46 heavy (non-hydrogen) atoms. The summed E-state index contributed by atoms with van der Waals surface area (Å²) in [5, 5.41) is 7.76. The van der Waals surface area contributed by atoms with Gasteiger partial charge >= 0.3 is 0 Å². The molecular formula is C46H36. The van der Waals surface area contributed by atoms with Crippen molar-refractivity contribution in [2.45, 2.75) is 26.7 Å². The molecule has 0 spiro atoms. The molecule has 8 rings (SSSR count). The molecule has 0 bridgehead atoms. The second-order valence-corrected chi connectivity index (χ2v) is 12.3. The predicted molar refractivity (Wildman–Crippen MR) is 199 cm³/mol. The first kappa shape index (κ1) is 28.0. The molecule has 0 aliphatic rings. The lowest BCUT2D eigenvalue weighted by Gasteiger charge is -2.14. The van der Waals surface area contributed by atoms with Crippen molar-refractivity contribution in [3.05, 3.63) is 169 Å². The van der Waals surface area contributed by atoms with Crippen LogP contribution in [0, 0.1) is 0 Å². The molecular weight excluding hydrogens is 553 g/mol. The predicted octanol–water partition coefficient (Wildman–Crippen LogP) is 12.9. The summed E-state index contributed by atoms with van der Waals surface area (Å²) in [6.45, 7) is 4.43. The normalized spacial score (nSPS) is 11.4. The van der Waals surface area contributed by atoms with Crippen molar-refractivity contribution in [2.75, 3.05) is 0 Å². The Bertz CT molecular complexity index is 2220. The summed E-state index contributed by atoms with van der Waals surface area (Å²) in [6.07, 6.45) is 2.08. The van der Waals surface area contributed by atoms with Gasteiger partial charge in [0, 0.05) is 0 Å². The molecule has 0 saturated carbocycles. The summed E-state index contributed by atoms with van der Waals surface area (Å²) in [4.78, 5) is 0. The molecule has 0 atom stereocenters. The molecule has 0 aromatic heterocycles. The Morgan fingerprint density at radius 3 is 0.978 bits per heavy atom. The second-order valence-electron chi connectivity index (χ2n) is 12.3. The molecule has 0 heteroatoms. The highest BCUT2D eigenvalue weighted by atomic mass is 14.2. The maximum absolute atomic E-state index is 2.40. The molecule has 0 nitrogen and oxygen atoms in total. The van der Waals surface area contributed by atoms with Gasteiger partial charge in [-0.3, -0.25) is 0 Å². The van der Waals surface area contributed by atoms with E-state index in [1.54, 1.807) is 0 Å². The van der Waals surface area contributed by atoms with Gasteiger partial charge in [-0.25, -0.2) is 0 Å². The molecule has 0 aliphatic heterocycles. The average molecular weight is 589 g/mol. The first-order valence-electron chi connectivity index (χ1n) is 16.5. The van der Waals surface area contributed by atoms with Crippen LogP contribution in [0.2, 0.25) is 0 Å². The molecule has 0 N–H and O–H groups in total. The summed E-state index contributed by atoms with van der Waals surface area (Å²) in [5.74, 6) is 0. The van der Waals surface area contributed by atoms with Gasteiger partial charge < -0.3 is 0 Å². The van der Waals surface area contributed by atoms with Crippen LogP contribution in [0.4, 0.5) is 0 Å². The first-order chi connectivity index (χ1) is 22.7. The van der Waals surface area contributed by atoms with E-state index >= 15 is 0 Å². The van der Waals surface area contributed by atoms with Crippen molar-refractivity contribution in [3.8, 4) is 44.5 Å². The molecule has 0 radical (unpaired) electrons. The van der Waals surface area contributed by atoms with Crippen LogP contribution >= 0.6 is 0 Å². The third-order valence-corrected chi connectivity index (χ3v) is 9.57. The van der Waals surface area contributed by atoms with Crippen LogP contribution in [-0.2, 0) is 12.8 Å². The van der Waals surface area contributed by atoms with E-state index in [1.807, 2.05) is 0 Å². The van der Waals surface area contributed by atoms with E-state index in [0.717, 1.165) is 12.8 Å². The van der Waals surface area contributed by atoms with E-state index in [1.165, 1.54) is 88.0 Å². The standard InChI is InChI=1S/C46H36/c1-3-31-11-7-13-33(25-31)35-15-9-17-37(27-35)39-21-23-43-41-19-5-6-20-42(41)44-24-22-40(30-46(44)45(43)29-39)38-18-10-16-36(28-38)34-14-8-12-32(4-2)26-34/h5-30H,3-4H2,1-2H3. The van der Waals surface area contributed by atoms with E-state index < -0.39 is 0 Å². The lowest BCUT2D eigenvalue weighted by atomic mass is 9.89. The molecule has 0 heterocycles. The van der Waals surface area contributed by atoms with E-state index in [4.69, 9.17) is 0 Å². The number of hydrogen-bond donors (Lipinski definition) is 0. The van der Waals surface area contributed by atoms with Gasteiger partial charge in [0.15, 0.2) is 0 Å². The fourth-order valence-corrected chi connectivity index (χ4v) is 7.01. The maximum Gasteiger partial charge on any atom is -0.00926 e. The van der Waals surface area contributed by atoms with E-state index in [9.17, 15) is 0 Å². The maximum atomic E-state index is 2.40. The summed E-state index contributed by atoms with van der Waals surface area (Å²) in [7, 11) is 0. The zero-order chi connectivity index (χ0) is 31.0. The fourth-order valence-electron chi connectivity index (χ4n) is 7.01. The van der Waals surface area contributed by atoms with Crippen LogP contribution in [0.1, 0.15) is 25.0 Å². The topological polar surface area (TPSA) is 0 Å². The largest absolute Gasteiger partial charge is 0.0616 e. The minimum Gasteiger partial charge on any atom is -0.0616 e. The van der Waals surface area contributed by atoms with Gasteiger partial charge in [-0.15, -0.1) is 0 Å². The highest BCUT2D eigenvalue weighted by Crippen LogP contribution is 2.40. The lowest BCUT2D eigenvalue weighted by Crippen LogP contribution is -1.88. The molecule has 8 aromatic rings. The number of aryl methyl sites for hydroxylation is 2. The van der Waals surface area contributed by atoms with Crippen molar-refractivity contribution in [1.82, 2.24) is 0 Å². The molecule has 0 unspecified atom stereocenters. The Morgan fingerprint density at radius 2 is 0.587 bits per heavy atom. The van der Waals surface area contributed by atoms with E-state index in [2.05, 4.69) is 172 Å². The van der Waals surface area contributed by atoms with E-state index in [0.29, 0.717) is 0 Å². The number of benzene rings is 8. The minimum atomic E-state index is 1.04. The highest BCUT2D eigenvalue weighted by molar-refractivity contribution is 6.26. The van der Waals surface area contributed by atoms with Gasteiger partial charge in [-0.1, -0.05) is 147 Å². The van der Waals surface area contributed by atoms with Gasteiger partial charge in [-0.2, -0.15) is 0 Å². The summed E-state index contributed by atoms with van der Waals surface area (Å²) < 4.78 is 0. The van der Waals surface area contributed by atoms with Crippen LogP contribution in [0.3, 0.4) is 0 Å². The third-order valence-electron chi connectivity index (χ3n) is 9.57. The molecule has 0 saturated heterocycles. The van der Waals surface area contributed by atoms with E-state index in [-0.39, 0.29) is 0 Å². The molecule has 8 aromatic carbocycles. The fraction of sp³-hybridized carbons (Fsp3) is 0.0870. The highest BCUT2D eigenvalue weighted by Gasteiger charge is 2.12. The summed E-state index contributed by atoms with van der Waals surface area (Å²) in [6, 6.07) is 58.7. The van der Waals surface area contributed by atoms with Crippen LogP contribution in [0.15, 0.2) is 158 Å². The Labute approximate surface area is 271 Å². The van der Waals surface area contributed by atoms with Crippen LogP contribution < -0.4 is 0 Å². The average Bonchev–Trinajstić information content (AvgIpc) is 3.14. The smallest absolute Gasteiger partial charge is 0.00926 e. The summed E-state index contributed by atoms with van der Waals surface area (Å²) in [5.41, 5.74) is 12.7. The van der Waals surface area contributed by atoms with Gasteiger partial charge in [0.05, 0.1) is 0 Å². The number of fused-ring (bicyclic) bond motifs is 6. The number of hydrogen-bond acceptors (Lipinski definition) is 0. The van der Waals surface area contributed by atoms with Crippen LogP contribution in [0.25, 0.3) is 76.8 Å². The number of rotatable bonds is 6. The van der Waals surface area contributed by atoms with Crippen LogP contribution in [0.5, 0.6) is 0 Å². The van der Waals surface area contributed by atoms with Crippen molar-refractivity contribution in [3.63, 3.8) is 0 Å². The molecule has 0 aliphatic carbocycles. The van der Waals surface area contributed by atoms with Crippen molar-refractivity contribution >= 4 is 32.3 Å². The Morgan fingerprint density at radius 1 is 0.261 bits per heavy atom. The zero-order valence-corrected chi connectivity index (χ0v) is 26.4. The third kappa shape index (κ3) is 5.07. The van der Waals surface area contributed by atoms with Crippen LogP contribution in [-0.4, -0.2) is 0 Å². The van der Waals surface area contributed by atoms with Gasteiger partial charge in [0.1, 0.15) is 0 Å². The Hall–Kier alpha value is -5.46. The monoisotopic (exact) mass is 588 g/mol. The SMILES string of the molecule is CCc1cccc(-c2cccc(-c3ccc4c5ccccc5c5ccc(-c6cccc(-c7cccc(CC)c7)c6)cc5c4c3)c2)c1. The summed E-state index contributed by atoms with van der Waals surface area (Å²) >= 11 is 0. The zero-order valence-electron chi connectivity index (χ0n) is 26.4. The second kappa shape index (κ2) is 11.8.